The predicted molar refractivity (Wildman–Crippen MR) is 139 cm³/mol. The number of sulfonamides is 1. The lowest BCUT2D eigenvalue weighted by Gasteiger charge is -2.21. The molecule has 0 spiro atoms. The van der Waals surface area contributed by atoms with Crippen LogP contribution < -0.4 is 5.43 Å². The van der Waals surface area contributed by atoms with Crippen molar-refractivity contribution in [1.29, 1.82) is 0 Å². The fourth-order valence-electron chi connectivity index (χ4n) is 3.22. The first-order valence-corrected chi connectivity index (χ1v) is 13.1. The Labute approximate surface area is 209 Å². The van der Waals surface area contributed by atoms with Crippen LogP contribution in [0.25, 0.3) is 0 Å². The Morgan fingerprint density at radius 1 is 1.00 bits per heavy atom. The van der Waals surface area contributed by atoms with Gasteiger partial charge in [0.1, 0.15) is 0 Å². The van der Waals surface area contributed by atoms with Crippen molar-refractivity contribution in [3.05, 3.63) is 99.5 Å². The number of amides is 1. The van der Waals surface area contributed by atoms with E-state index in [2.05, 4.69) is 40.3 Å². The number of nitrogens with one attached hydrogen (secondary N) is 1. The molecule has 1 amide bonds. The summed E-state index contributed by atoms with van der Waals surface area (Å²) in [6.45, 7) is 5.90. The highest BCUT2D eigenvalue weighted by molar-refractivity contribution is 9.10. The number of carbonyl (C=O) groups is 1. The van der Waals surface area contributed by atoms with E-state index in [4.69, 9.17) is 0 Å². The van der Waals surface area contributed by atoms with Gasteiger partial charge in [-0.3, -0.25) is 4.79 Å². The van der Waals surface area contributed by atoms with Crippen LogP contribution >= 0.6 is 15.9 Å². The van der Waals surface area contributed by atoms with Crippen LogP contribution in [0, 0.1) is 6.92 Å². The van der Waals surface area contributed by atoms with E-state index < -0.39 is 15.9 Å². The molecular formula is C26H28BrN3O3S. The average Bonchev–Trinajstić information content (AvgIpc) is 2.80. The lowest BCUT2D eigenvalue weighted by Crippen LogP contribution is -2.39. The van der Waals surface area contributed by atoms with Gasteiger partial charge >= 0.3 is 0 Å². The van der Waals surface area contributed by atoms with Gasteiger partial charge in [0.05, 0.1) is 17.7 Å². The van der Waals surface area contributed by atoms with Gasteiger partial charge in [-0.2, -0.15) is 9.41 Å². The molecule has 3 rings (SSSR count). The fraction of sp³-hybridized carbons (Fsp3) is 0.231. The number of aryl methyl sites for hydroxylation is 1. The SMILES string of the molecule is Cc1ccc(CN(CC(=O)N/N=C\c2ccc(C(C)C)cc2)S(=O)(=O)c2ccc(Br)cc2)cc1. The predicted octanol–water partition coefficient (Wildman–Crippen LogP) is 5.22. The van der Waals surface area contributed by atoms with Crippen molar-refractivity contribution in [3.8, 4) is 0 Å². The molecule has 34 heavy (non-hydrogen) atoms. The number of hydrogen-bond donors (Lipinski definition) is 1. The summed E-state index contributed by atoms with van der Waals surface area (Å²) in [6.07, 6.45) is 1.54. The molecule has 0 radical (unpaired) electrons. The summed E-state index contributed by atoms with van der Waals surface area (Å²) in [7, 11) is -3.91. The molecule has 0 saturated carbocycles. The minimum Gasteiger partial charge on any atom is -0.272 e. The molecular weight excluding hydrogens is 514 g/mol. The molecule has 0 bridgehead atoms. The molecule has 0 aliphatic rings. The number of hydrazone groups is 1. The first-order valence-electron chi connectivity index (χ1n) is 10.9. The highest BCUT2D eigenvalue weighted by Gasteiger charge is 2.27. The van der Waals surface area contributed by atoms with Gasteiger partial charge < -0.3 is 0 Å². The smallest absolute Gasteiger partial charge is 0.255 e. The van der Waals surface area contributed by atoms with Gasteiger partial charge in [-0.15, -0.1) is 0 Å². The molecule has 8 heteroatoms. The maximum absolute atomic E-state index is 13.3. The molecule has 0 heterocycles. The summed E-state index contributed by atoms with van der Waals surface area (Å²) in [6, 6.07) is 21.8. The maximum Gasteiger partial charge on any atom is 0.255 e. The third-order valence-electron chi connectivity index (χ3n) is 5.26. The third-order valence-corrected chi connectivity index (χ3v) is 7.59. The summed E-state index contributed by atoms with van der Waals surface area (Å²) in [5.41, 5.74) is 6.35. The quantitative estimate of drug-likeness (QED) is 0.298. The lowest BCUT2D eigenvalue weighted by molar-refractivity contribution is -0.121. The van der Waals surface area contributed by atoms with Gasteiger partial charge in [-0.25, -0.2) is 13.8 Å². The molecule has 0 atom stereocenters. The standard InChI is InChI=1S/C26H28BrN3O3S/c1-19(2)23-10-8-21(9-11-23)16-28-29-26(31)18-30(17-22-6-4-20(3)5-7-22)34(32,33)25-14-12-24(27)13-15-25/h4-16,19H,17-18H2,1-3H3,(H,29,31)/b28-16-. The molecule has 3 aromatic carbocycles. The zero-order chi connectivity index (χ0) is 24.7. The van der Waals surface area contributed by atoms with Crippen molar-refractivity contribution in [3.63, 3.8) is 0 Å². The van der Waals surface area contributed by atoms with Crippen LogP contribution in [0.15, 0.2) is 87.3 Å². The summed E-state index contributed by atoms with van der Waals surface area (Å²) in [5, 5.41) is 4.00. The van der Waals surface area contributed by atoms with Gasteiger partial charge in [0.2, 0.25) is 10.0 Å². The number of halogens is 1. The van der Waals surface area contributed by atoms with E-state index in [0.717, 1.165) is 25.5 Å². The Hall–Kier alpha value is -2.81. The fourth-order valence-corrected chi connectivity index (χ4v) is 4.87. The van der Waals surface area contributed by atoms with Crippen molar-refractivity contribution >= 4 is 38.1 Å². The number of hydrogen-bond acceptors (Lipinski definition) is 4. The Morgan fingerprint density at radius 2 is 1.62 bits per heavy atom. The molecule has 0 fully saturated rings. The minimum atomic E-state index is -3.91. The summed E-state index contributed by atoms with van der Waals surface area (Å²) in [4.78, 5) is 12.7. The highest BCUT2D eigenvalue weighted by atomic mass is 79.9. The Balaban J connectivity index is 1.75. The molecule has 0 aromatic heterocycles. The van der Waals surface area contributed by atoms with Crippen LogP contribution in [-0.2, 0) is 21.4 Å². The van der Waals surface area contributed by atoms with Crippen LogP contribution in [0.5, 0.6) is 0 Å². The van der Waals surface area contributed by atoms with E-state index in [0.29, 0.717) is 5.92 Å². The Kier molecular flexibility index (Phi) is 8.77. The molecule has 3 aromatic rings. The van der Waals surface area contributed by atoms with E-state index in [1.807, 2.05) is 55.5 Å². The van der Waals surface area contributed by atoms with Crippen LogP contribution in [0.3, 0.4) is 0 Å². The number of benzene rings is 3. The van der Waals surface area contributed by atoms with Gasteiger partial charge in [0.15, 0.2) is 0 Å². The van der Waals surface area contributed by atoms with Crippen molar-refractivity contribution in [2.45, 2.75) is 38.1 Å². The Morgan fingerprint density at radius 3 is 2.21 bits per heavy atom. The zero-order valence-corrected chi connectivity index (χ0v) is 21.8. The third kappa shape index (κ3) is 7.09. The summed E-state index contributed by atoms with van der Waals surface area (Å²) < 4.78 is 28.6. The zero-order valence-electron chi connectivity index (χ0n) is 19.4. The van der Waals surface area contributed by atoms with E-state index in [-0.39, 0.29) is 18.0 Å². The normalized spacial score (nSPS) is 11.9. The van der Waals surface area contributed by atoms with Crippen LogP contribution in [0.1, 0.15) is 42.0 Å². The largest absolute Gasteiger partial charge is 0.272 e. The van der Waals surface area contributed by atoms with Gasteiger partial charge in [0, 0.05) is 11.0 Å². The van der Waals surface area contributed by atoms with Gasteiger partial charge in [-0.1, -0.05) is 83.9 Å². The molecule has 0 unspecified atom stereocenters. The highest BCUT2D eigenvalue weighted by Crippen LogP contribution is 2.21. The van der Waals surface area contributed by atoms with E-state index >= 15 is 0 Å². The first-order chi connectivity index (χ1) is 16.1. The van der Waals surface area contributed by atoms with Gasteiger partial charge in [0.25, 0.3) is 5.91 Å². The molecule has 0 aliphatic carbocycles. The maximum atomic E-state index is 13.3. The first kappa shape index (κ1) is 25.8. The summed E-state index contributed by atoms with van der Waals surface area (Å²) >= 11 is 3.32. The van der Waals surface area contributed by atoms with Crippen LogP contribution in [-0.4, -0.2) is 31.4 Å². The lowest BCUT2D eigenvalue weighted by atomic mass is 10.0. The number of carbonyl (C=O) groups excluding carboxylic acids is 1. The molecule has 0 aliphatic heterocycles. The van der Waals surface area contributed by atoms with E-state index in [1.54, 1.807) is 12.1 Å². The second kappa shape index (κ2) is 11.6. The second-order valence-electron chi connectivity index (χ2n) is 8.33. The minimum absolute atomic E-state index is 0.0620. The average molecular weight is 542 g/mol. The number of nitrogens with zero attached hydrogens (tertiary/aromatic N) is 2. The van der Waals surface area contributed by atoms with Gasteiger partial charge in [-0.05, 0) is 53.8 Å². The second-order valence-corrected chi connectivity index (χ2v) is 11.2. The Bertz CT molecular complexity index is 1240. The molecule has 178 valence electrons. The van der Waals surface area contributed by atoms with Crippen LogP contribution in [0.4, 0.5) is 0 Å². The van der Waals surface area contributed by atoms with Crippen molar-refractivity contribution in [1.82, 2.24) is 9.73 Å². The summed E-state index contributed by atoms with van der Waals surface area (Å²) in [5.74, 6) is -0.0965. The van der Waals surface area contributed by atoms with E-state index in [9.17, 15) is 13.2 Å². The van der Waals surface area contributed by atoms with E-state index in [1.165, 1.54) is 23.9 Å². The van der Waals surface area contributed by atoms with Crippen molar-refractivity contribution in [2.75, 3.05) is 6.54 Å². The van der Waals surface area contributed by atoms with Crippen molar-refractivity contribution < 1.29 is 13.2 Å². The van der Waals surface area contributed by atoms with Crippen LogP contribution in [0.2, 0.25) is 0 Å². The molecule has 6 nitrogen and oxygen atoms in total. The number of rotatable bonds is 9. The monoisotopic (exact) mass is 541 g/mol. The van der Waals surface area contributed by atoms with Crippen molar-refractivity contribution in [2.24, 2.45) is 5.10 Å². The topological polar surface area (TPSA) is 78.8 Å². The molecule has 0 saturated heterocycles. The molecule has 1 N–H and O–H groups in total.